The van der Waals surface area contributed by atoms with Crippen LogP contribution in [0.25, 0.3) is 11.5 Å². The lowest BCUT2D eigenvalue weighted by atomic mass is 10.1. The highest BCUT2D eigenvalue weighted by Gasteiger charge is 2.31. The van der Waals surface area contributed by atoms with E-state index in [2.05, 4.69) is 10.1 Å². The van der Waals surface area contributed by atoms with Crippen LogP contribution in [0, 0.1) is 5.82 Å². The average molecular weight is 275 g/mol. The summed E-state index contributed by atoms with van der Waals surface area (Å²) >= 11 is 0. The van der Waals surface area contributed by atoms with Crippen molar-refractivity contribution in [1.82, 2.24) is 10.1 Å². The van der Waals surface area contributed by atoms with E-state index in [1.807, 2.05) is 0 Å². The highest BCUT2D eigenvalue weighted by Crippen LogP contribution is 2.33. The van der Waals surface area contributed by atoms with E-state index in [9.17, 15) is 17.6 Å². The minimum absolute atomic E-state index is 0.217. The molecule has 1 aromatic heterocycles. The third-order valence-electron chi connectivity index (χ3n) is 2.36. The lowest BCUT2D eigenvalue weighted by Gasteiger charge is -2.07. The van der Waals surface area contributed by atoms with Gasteiger partial charge in [0, 0.05) is 6.42 Å². The molecule has 0 amide bonds. The first-order chi connectivity index (χ1) is 8.91. The first-order valence-corrected chi connectivity index (χ1v) is 5.31. The Labute approximate surface area is 105 Å². The Morgan fingerprint density at radius 3 is 2.63 bits per heavy atom. The van der Waals surface area contributed by atoms with Gasteiger partial charge in [0.1, 0.15) is 5.82 Å². The van der Waals surface area contributed by atoms with E-state index in [1.54, 1.807) is 0 Å². The second-order valence-electron chi connectivity index (χ2n) is 3.75. The zero-order valence-electron chi connectivity index (χ0n) is 9.54. The molecule has 4 nitrogen and oxygen atoms in total. The molecule has 0 aliphatic heterocycles. The van der Waals surface area contributed by atoms with E-state index in [0.29, 0.717) is 24.6 Å². The van der Waals surface area contributed by atoms with Crippen molar-refractivity contribution in [2.24, 2.45) is 5.73 Å². The van der Waals surface area contributed by atoms with Crippen LogP contribution in [0.15, 0.2) is 22.7 Å². The topological polar surface area (TPSA) is 64.9 Å². The Morgan fingerprint density at radius 2 is 2.00 bits per heavy atom. The second-order valence-corrected chi connectivity index (χ2v) is 3.75. The molecule has 2 rings (SSSR count). The zero-order chi connectivity index (χ0) is 14.0. The van der Waals surface area contributed by atoms with Gasteiger partial charge in [0.25, 0.3) is 5.89 Å². The molecule has 0 bridgehead atoms. The van der Waals surface area contributed by atoms with Gasteiger partial charge in [-0.2, -0.15) is 18.2 Å². The summed E-state index contributed by atoms with van der Waals surface area (Å²) < 4.78 is 55.9. The van der Waals surface area contributed by atoms with E-state index < -0.39 is 17.6 Å². The third-order valence-corrected chi connectivity index (χ3v) is 2.36. The van der Waals surface area contributed by atoms with Gasteiger partial charge in [-0.25, -0.2) is 4.39 Å². The fourth-order valence-corrected chi connectivity index (χ4v) is 1.46. The van der Waals surface area contributed by atoms with Crippen LogP contribution in [0.4, 0.5) is 17.6 Å². The fourth-order valence-electron chi connectivity index (χ4n) is 1.46. The highest BCUT2D eigenvalue weighted by atomic mass is 19.4. The van der Waals surface area contributed by atoms with Crippen LogP contribution in [-0.4, -0.2) is 16.7 Å². The fraction of sp³-hybridized carbons (Fsp3) is 0.273. The third kappa shape index (κ3) is 2.90. The van der Waals surface area contributed by atoms with Crippen molar-refractivity contribution < 1.29 is 22.1 Å². The van der Waals surface area contributed by atoms with Gasteiger partial charge in [0.15, 0.2) is 5.82 Å². The van der Waals surface area contributed by atoms with Crippen molar-refractivity contribution in [3.8, 4) is 11.5 Å². The summed E-state index contributed by atoms with van der Waals surface area (Å²) in [6, 6.07) is 2.00. The molecular weight excluding hydrogens is 266 g/mol. The van der Waals surface area contributed by atoms with Crippen LogP contribution in [0.2, 0.25) is 0 Å². The summed E-state index contributed by atoms with van der Waals surface area (Å²) in [7, 11) is 0. The lowest BCUT2D eigenvalue weighted by molar-refractivity contribution is -0.137. The van der Waals surface area contributed by atoms with Gasteiger partial charge in [-0.15, -0.1) is 0 Å². The molecule has 0 saturated carbocycles. The minimum atomic E-state index is -4.57. The number of benzene rings is 1. The first kappa shape index (κ1) is 13.5. The summed E-state index contributed by atoms with van der Waals surface area (Å²) in [4.78, 5) is 3.79. The molecular formula is C11H9F4N3O. The van der Waals surface area contributed by atoms with Gasteiger partial charge in [0.2, 0.25) is 0 Å². The molecule has 19 heavy (non-hydrogen) atoms. The van der Waals surface area contributed by atoms with Crippen LogP contribution in [-0.2, 0) is 12.6 Å². The SMILES string of the molecule is NCCc1noc(-c2cc(C(F)(F)F)ccc2F)n1. The number of alkyl halides is 3. The Morgan fingerprint density at radius 1 is 1.26 bits per heavy atom. The standard InChI is InChI=1S/C11H9F4N3O/c12-8-2-1-6(11(13,14)15)5-7(8)10-17-9(3-4-16)18-19-10/h1-2,5H,3-4,16H2. The normalized spacial score (nSPS) is 11.8. The molecule has 8 heteroatoms. The van der Waals surface area contributed by atoms with E-state index in [0.717, 1.165) is 0 Å². The molecule has 0 aliphatic rings. The van der Waals surface area contributed by atoms with E-state index in [1.165, 1.54) is 0 Å². The van der Waals surface area contributed by atoms with Gasteiger partial charge >= 0.3 is 6.18 Å². The molecule has 1 aromatic carbocycles. The zero-order valence-corrected chi connectivity index (χ0v) is 9.54. The molecule has 0 atom stereocenters. The number of halogens is 4. The largest absolute Gasteiger partial charge is 0.416 e. The number of hydrogen-bond acceptors (Lipinski definition) is 4. The van der Waals surface area contributed by atoms with Gasteiger partial charge in [-0.05, 0) is 24.7 Å². The molecule has 0 aliphatic carbocycles. The van der Waals surface area contributed by atoms with Crippen LogP contribution >= 0.6 is 0 Å². The minimum Gasteiger partial charge on any atom is -0.334 e. The van der Waals surface area contributed by atoms with Crippen molar-refractivity contribution >= 4 is 0 Å². The van der Waals surface area contributed by atoms with Crippen molar-refractivity contribution in [3.05, 3.63) is 35.4 Å². The molecule has 0 fully saturated rings. The maximum Gasteiger partial charge on any atom is 0.416 e. The average Bonchev–Trinajstić information content (AvgIpc) is 2.77. The number of nitrogens with two attached hydrogens (primary N) is 1. The predicted molar refractivity (Wildman–Crippen MR) is 57.5 cm³/mol. The smallest absolute Gasteiger partial charge is 0.334 e. The number of rotatable bonds is 3. The van der Waals surface area contributed by atoms with Crippen LogP contribution < -0.4 is 5.73 Å². The van der Waals surface area contributed by atoms with E-state index >= 15 is 0 Å². The molecule has 0 unspecified atom stereocenters. The van der Waals surface area contributed by atoms with Gasteiger partial charge in [0.05, 0.1) is 11.1 Å². The molecule has 102 valence electrons. The Kier molecular flexibility index (Phi) is 3.52. The molecule has 0 spiro atoms. The highest BCUT2D eigenvalue weighted by molar-refractivity contribution is 5.55. The second kappa shape index (κ2) is 4.96. The summed E-state index contributed by atoms with van der Waals surface area (Å²) in [5.41, 5.74) is 3.91. The van der Waals surface area contributed by atoms with Crippen molar-refractivity contribution in [3.63, 3.8) is 0 Å². The molecule has 2 aromatic rings. The van der Waals surface area contributed by atoms with Crippen LogP contribution in [0.3, 0.4) is 0 Å². The summed E-state index contributed by atoms with van der Waals surface area (Å²) in [6.07, 6.45) is -4.27. The Balaban J connectivity index is 2.42. The maximum atomic E-state index is 13.5. The van der Waals surface area contributed by atoms with Gasteiger partial charge in [-0.1, -0.05) is 5.16 Å². The lowest BCUT2D eigenvalue weighted by Crippen LogP contribution is -2.05. The van der Waals surface area contributed by atoms with E-state index in [4.69, 9.17) is 10.3 Å². The summed E-state index contributed by atoms with van der Waals surface area (Å²) in [5.74, 6) is -0.947. The summed E-state index contributed by atoms with van der Waals surface area (Å²) in [6.45, 7) is 0.254. The number of aromatic nitrogens is 2. The molecule has 0 saturated heterocycles. The quantitative estimate of drug-likeness (QED) is 0.873. The summed E-state index contributed by atoms with van der Waals surface area (Å²) in [5, 5.41) is 3.50. The van der Waals surface area contributed by atoms with E-state index in [-0.39, 0.29) is 23.8 Å². The Bertz CT molecular complexity index is 580. The van der Waals surface area contributed by atoms with Crippen molar-refractivity contribution in [1.29, 1.82) is 0 Å². The van der Waals surface area contributed by atoms with Crippen molar-refractivity contribution in [2.45, 2.75) is 12.6 Å². The van der Waals surface area contributed by atoms with Crippen LogP contribution in [0.1, 0.15) is 11.4 Å². The number of nitrogens with zero attached hydrogens (tertiary/aromatic N) is 2. The maximum absolute atomic E-state index is 13.5. The first-order valence-electron chi connectivity index (χ1n) is 5.31. The van der Waals surface area contributed by atoms with Gasteiger partial charge < -0.3 is 10.3 Å². The van der Waals surface area contributed by atoms with Crippen LogP contribution in [0.5, 0.6) is 0 Å². The van der Waals surface area contributed by atoms with Crippen molar-refractivity contribution in [2.75, 3.05) is 6.54 Å². The van der Waals surface area contributed by atoms with Gasteiger partial charge in [-0.3, -0.25) is 0 Å². The molecule has 2 N–H and O–H groups in total. The number of hydrogen-bond donors (Lipinski definition) is 1. The predicted octanol–water partition coefficient (Wildman–Crippen LogP) is 2.40. The monoisotopic (exact) mass is 275 g/mol. The molecule has 0 radical (unpaired) electrons. The Hall–Kier alpha value is -1.96. The molecule has 1 heterocycles.